The maximum absolute atomic E-state index is 9.60. The van der Waals surface area contributed by atoms with Crippen LogP contribution >= 0.6 is 0 Å². The molecular formula is C20H36N4O2. The van der Waals surface area contributed by atoms with Crippen LogP contribution in [0.3, 0.4) is 0 Å². The van der Waals surface area contributed by atoms with E-state index in [2.05, 4.69) is 61.1 Å². The van der Waals surface area contributed by atoms with Crippen LogP contribution in [-0.4, -0.2) is 50.6 Å². The van der Waals surface area contributed by atoms with E-state index < -0.39 is 0 Å². The zero-order chi connectivity index (χ0) is 19.6. The molecule has 1 aromatic carbocycles. The number of carbonyl (C=O) groups excluding carboxylic acids is 2. The summed E-state index contributed by atoms with van der Waals surface area (Å²) < 4.78 is 0. The first-order valence-corrected chi connectivity index (χ1v) is 9.35. The molecule has 2 aliphatic heterocycles. The van der Waals surface area contributed by atoms with Gasteiger partial charge in [0.25, 0.3) is 0 Å². The quantitative estimate of drug-likeness (QED) is 0.568. The molecule has 0 spiro atoms. The standard InChI is InChI=1S/C8H10.C5H11N.C4H9N.C3H6N2O2/c1-7-3-5-8(2)6-4-7;1-5-3-2-4-6-5;1-2-4-5-3-1;1-5(3-7)4-2-6/h3-6H,1-2H3;5-6H,2-4H2,1H3;5H,1-4H2;2-3H,1H3,(H,4,6). The average molecular weight is 365 g/mol. The van der Waals surface area contributed by atoms with Crippen LogP contribution in [0.2, 0.25) is 0 Å². The lowest BCUT2D eigenvalue weighted by molar-refractivity contribution is -0.125. The Morgan fingerprint density at radius 2 is 1.54 bits per heavy atom. The minimum atomic E-state index is 0.425. The van der Waals surface area contributed by atoms with Gasteiger partial charge in [-0.3, -0.25) is 20.0 Å². The van der Waals surface area contributed by atoms with Crippen molar-refractivity contribution in [2.24, 2.45) is 0 Å². The van der Waals surface area contributed by atoms with E-state index in [-0.39, 0.29) is 0 Å². The van der Waals surface area contributed by atoms with Crippen molar-refractivity contribution in [3.05, 3.63) is 35.4 Å². The largest absolute Gasteiger partial charge is 0.317 e. The summed E-state index contributed by atoms with van der Waals surface area (Å²) >= 11 is 0. The molecule has 0 saturated carbocycles. The van der Waals surface area contributed by atoms with Crippen molar-refractivity contribution in [1.29, 1.82) is 0 Å². The second-order valence-electron chi connectivity index (χ2n) is 6.57. The third-order valence-electron chi connectivity index (χ3n) is 3.90. The van der Waals surface area contributed by atoms with E-state index in [1.807, 2.05) is 0 Å². The van der Waals surface area contributed by atoms with Gasteiger partial charge >= 0.3 is 0 Å². The predicted molar refractivity (Wildman–Crippen MR) is 108 cm³/mol. The average Bonchev–Trinajstić information content (AvgIpc) is 3.35. The molecule has 6 heteroatoms. The number of benzene rings is 1. The third-order valence-corrected chi connectivity index (χ3v) is 3.90. The summed E-state index contributed by atoms with van der Waals surface area (Å²) in [6.07, 6.45) is 6.45. The number of aryl methyl sites for hydroxylation is 2. The summed E-state index contributed by atoms with van der Waals surface area (Å²) in [6.45, 7) is 10.2. The SMILES string of the molecule is C1CCNC1.CC1CCCN1.CN(C=O)NC=O.Cc1ccc(C)cc1. The van der Waals surface area contributed by atoms with Gasteiger partial charge in [0.05, 0.1) is 0 Å². The lowest BCUT2D eigenvalue weighted by Gasteiger charge is -2.04. The molecule has 2 saturated heterocycles. The number of nitrogens with one attached hydrogen (secondary N) is 3. The van der Waals surface area contributed by atoms with Crippen molar-refractivity contribution in [1.82, 2.24) is 21.1 Å². The van der Waals surface area contributed by atoms with Gasteiger partial charge < -0.3 is 10.6 Å². The van der Waals surface area contributed by atoms with Crippen LogP contribution in [0, 0.1) is 13.8 Å². The Morgan fingerprint density at radius 3 is 1.73 bits per heavy atom. The number of carbonyl (C=O) groups is 2. The third kappa shape index (κ3) is 15.6. The topological polar surface area (TPSA) is 73.5 Å². The van der Waals surface area contributed by atoms with Gasteiger partial charge in [-0.2, -0.15) is 0 Å². The predicted octanol–water partition coefficient (Wildman–Crippen LogP) is 2.17. The molecule has 2 amide bonds. The first-order chi connectivity index (χ1) is 12.5. The lowest BCUT2D eigenvalue weighted by atomic mass is 10.2. The Bertz CT molecular complexity index is 427. The first kappa shape index (κ1) is 24.1. The molecule has 1 atom stereocenters. The van der Waals surface area contributed by atoms with Gasteiger partial charge in [-0.05, 0) is 66.1 Å². The highest BCUT2D eigenvalue weighted by Gasteiger charge is 2.05. The van der Waals surface area contributed by atoms with Crippen molar-refractivity contribution in [2.45, 2.75) is 52.5 Å². The maximum Gasteiger partial charge on any atom is 0.227 e. The first-order valence-electron chi connectivity index (χ1n) is 9.35. The molecule has 1 aromatic rings. The second-order valence-corrected chi connectivity index (χ2v) is 6.57. The van der Waals surface area contributed by atoms with Crippen LogP contribution in [0.5, 0.6) is 0 Å². The molecule has 2 aliphatic rings. The molecule has 2 heterocycles. The number of hydrazine groups is 1. The molecule has 1 unspecified atom stereocenters. The van der Waals surface area contributed by atoms with Crippen molar-refractivity contribution >= 4 is 12.8 Å². The minimum Gasteiger partial charge on any atom is -0.317 e. The van der Waals surface area contributed by atoms with Crippen LogP contribution in [0.4, 0.5) is 0 Å². The Hall–Kier alpha value is -1.92. The highest BCUT2D eigenvalue weighted by atomic mass is 16.2. The fourth-order valence-corrected chi connectivity index (χ4v) is 2.23. The molecule has 3 N–H and O–H groups in total. The van der Waals surface area contributed by atoms with E-state index in [1.54, 1.807) is 0 Å². The number of rotatable bonds is 3. The van der Waals surface area contributed by atoms with E-state index in [9.17, 15) is 9.59 Å². The van der Waals surface area contributed by atoms with Crippen molar-refractivity contribution in [2.75, 3.05) is 26.7 Å². The van der Waals surface area contributed by atoms with Gasteiger partial charge in [-0.1, -0.05) is 35.4 Å². The van der Waals surface area contributed by atoms with Gasteiger partial charge in [-0.15, -0.1) is 0 Å². The molecule has 26 heavy (non-hydrogen) atoms. The second kappa shape index (κ2) is 16.5. The molecular weight excluding hydrogens is 328 g/mol. The fourth-order valence-electron chi connectivity index (χ4n) is 2.23. The number of hydrogen-bond acceptors (Lipinski definition) is 4. The van der Waals surface area contributed by atoms with Gasteiger partial charge in [0, 0.05) is 13.1 Å². The monoisotopic (exact) mass is 364 g/mol. The number of hydrogen-bond donors (Lipinski definition) is 3. The van der Waals surface area contributed by atoms with Crippen LogP contribution in [0.25, 0.3) is 0 Å². The maximum atomic E-state index is 9.60. The Kier molecular flexibility index (Phi) is 15.3. The summed E-state index contributed by atoms with van der Waals surface area (Å²) in [4.78, 5) is 19.1. The molecule has 3 rings (SSSR count). The summed E-state index contributed by atoms with van der Waals surface area (Å²) in [5.41, 5.74) is 4.74. The van der Waals surface area contributed by atoms with E-state index in [0.717, 1.165) is 11.1 Å². The molecule has 2 fully saturated rings. The molecule has 0 radical (unpaired) electrons. The number of amides is 2. The Morgan fingerprint density at radius 1 is 1.00 bits per heavy atom. The van der Waals surface area contributed by atoms with E-state index >= 15 is 0 Å². The highest BCUT2D eigenvalue weighted by molar-refractivity contribution is 5.53. The van der Waals surface area contributed by atoms with E-state index in [1.165, 1.54) is 63.5 Å². The van der Waals surface area contributed by atoms with Crippen molar-refractivity contribution < 1.29 is 9.59 Å². The van der Waals surface area contributed by atoms with Crippen molar-refractivity contribution in [3.8, 4) is 0 Å². The minimum absolute atomic E-state index is 0.425. The van der Waals surface area contributed by atoms with E-state index in [0.29, 0.717) is 12.8 Å². The number of nitrogens with zero attached hydrogens (tertiary/aromatic N) is 1. The summed E-state index contributed by atoms with van der Waals surface area (Å²) in [5, 5.41) is 7.55. The molecule has 148 valence electrons. The zero-order valence-corrected chi connectivity index (χ0v) is 16.8. The molecule has 6 nitrogen and oxygen atoms in total. The van der Waals surface area contributed by atoms with Gasteiger partial charge in [0.15, 0.2) is 0 Å². The van der Waals surface area contributed by atoms with Gasteiger partial charge in [0.2, 0.25) is 12.8 Å². The normalized spacial score (nSPS) is 17.3. The van der Waals surface area contributed by atoms with Crippen LogP contribution in [0.15, 0.2) is 24.3 Å². The van der Waals surface area contributed by atoms with Gasteiger partial charge in [-0.25, -0.2) is 0 Å². The van der Waals surface area contributed by atoms with Crippen LogP contribution < -0.4 is 16.1 Å². The van der Waals surface area contributed by atoms with E-state index in [4.69, 9.17) is 0 Å². The molecule has 0 aromatic heterocycles. The Labute approximate surface area is 158 Å². The summed E-state index contributed by atoms with van der Waals surface area (Å²) in [6, 6.07) is 9.28. The zero-order valence-electron chi connectivity index (χ0n) is 16.8. The Balaban J connectivity index is 0.000000325. The molecule has 0 bridgehead atoms. The molecule has 0 aliphatic carbocycles. The fraction of sp³-hybridized carbons (Fsp3) is 0.600. The summed E-state index contributed by atoms with van der Waals surface area (Å²) in [5.74, 6) is 0. The van der Waals surface area contributed by atoms with Crippen LogP contribution in [-0.2, 0) is 9.59 Å². The summed E-state index contributed by atoms with van der Waals surface area (Å²) in [7, 11) is 1.43. The lowest BCUT2D eigenvalue weighted by Crippen LogP contribution is -2.31. The van der Waals surface area contributed by atoms with Crippen LogP contribution in [0.1, 0.15) is 43.7 Å². The van der Waals surface area contributed by atoms with Crippen molar-refractivity contribution in [3.63, 3.8) is 0 Å². The smallest absolute Gasteiger partial charge is 0.227 e. The van der Waals surface area contributed by atoms with Gasteiger partial charge in [0.1, 0.15) is 0 Å². The highest BCUT2D eigenvalue weighted by Crippen LogP contribution is 2.01.